The van der Waals surface area contributed by atoms with Gasteiger partial charge in [-0.1, -0.05) is 42.1 Å². The fraction of sp³-hybridized carbons (Fsp3) is 0.273. The normalized spacial score (nSPS) is 11.2. The molecule has 0 unspecified atom stereocenters. The van der Waals surface area contributed by atoms with Gasteiger partial charge in [0.1, 0.15) is 5.04 Å². The van der Waals surface area contributed by atoms with Crippen molar-refractivity contribution in [2.24, 2.45) is 5.10 Å². The predicted octanol–water partition coefficient (Wildman–Crippen LogP) is 2.49. The van der Waals surface area contributed by atoms with Gasteiger partial charge in [0.15, 0.2) is 0 Å². The molecule has 0 radical (unpaired) electrons. The van der Waals surface area contributed by atoms with Crippen LogP contribution in [0.5, 0.6) is 0 Å². The first-order valence-electron chi connectivity index (χ1n) is 4.70. The Morgan fingerprint density at radius 3 is 2.60 bits per heavy atom. The summed E-state index contributed by atoms with van der Waals surface area (Å²) < 4.78 is 0. The van der Waals surface area contributed by atoms with Gasteiger partial charge in [-0.2, -0.15) is 5.10 Å². The van der Waals surface area contributed by atoms with Crippen molar-refractivity contribution in [2.45, 2.75) is 12.7 Å². The molecule has 0 fully saturated rings. The van der Waals surface area contributed by atoms with Gasteiger partial charge in [0.05, 0.1) is 5.71 Å². The van der Waals surface area contributed by atoms with Crippen LogP contribution in [0.4, 0.5) is 0 Å². The summed E-state index contributed by atoms with van der Waals surface area (Å²) in [5.41, 5.74) is 4.45. The van der Waals surface area contributed by atoms with Crippen molar-refractivity contribution >= 4 is 22.5 Å². The Bertz CT molecular complexity index is 346. The number of benzene rings is 1. The van der Waals surface area contributed by atoms with Crippen LogP contribution in [0.25, 0.3) is 0 Å². The number of hydrazone groups is 1. The maximum absolute atomic E-state index is 7.53. The Balaban J connectivity index is 2.55. The lowest BCUT2D eigenvalue weighted by Gasteiger charge is -2.04. The Labute approximate surface area is 94.5 Å². The summed E-state index contributed by atoms with van der Waals surface area (Å²) in [6, 6.07) is 10.2. The fourth-order valence-corrected chi connectivity index (χ4v) is 1.92. The van der Waals surface area contributed by atoms with Crippen LogP contribution in [0.15, 0.2) is 35.4 Å². The van der Waals surface area contributed by atoms with Crippen LogP contribution < -0.4 is 5.43 Å². The lowest BCUT2D eigenvalue weighted by Crippen LogP contribution is -2.10. The molecule has 0 aliphatic heterocycles. The Morgan fingerprint density at radius 1 is 1.40 bits per heavy atom. The quantitative estimate of drug-likeness (QED) is 0.466. The summed E-state index contributed by atoms with van der Waals surface area (Å²) in [6.07, 6.45) is 0. The Hall–Kier alpha value is -1.29. The highest BCUT2D eigenvalue weighted by atomic mass is 32.2. The molecule has 3 nitrogen and oxygen atoms in total. The van der Waals surface area contributed by atoms with E-state index in [0.29, 0.717) is 5.71 Å². The third-order valence-electron chi connectivity index (χ3n) is 1.75. The molecular formula is C11H15N3S. The minimum absolute atomic E-state index is 0.491. The molecule has 0 heterocycles. The Morgan fingerprint density at radius 2 is 2.07 bits per heavy atom. The van der Waals surface area contributed by atoms with E-state index in [1.165, 1.54) is 5.56 Å². The Kier molecular flexibility index (Phi) is 4.90. The van der Waals surface area contributed by atoms with E-state index in [4.69, 9.17) is 5.41 Å². The van der Waals surface area contributed by atoms with Crippen molar-refractivity contribution in [3.05, 3.63) is 35.9 Å². The summed E-state index contributed by atoms with van der Waals surface area (Å²) in [5.74, 6) is 0.845. The minimum atomic E-state index is 0.491. The molecule has 0 amide bonds. The lowest BCUT2D eigenvalue weighted by molar-refractivity contribution is 0.908. The third-order valence-corrected chi connectivity index (χ3v) is 2.90. The van der Waals surface area contributed by atoms with Gasteiger partial charge < -0.3 is 10.8 Å². The molecule has 15 heavy (non-hydrogen) atoms. The van der Waals surface area contributed by atoms with Crippen molar-refractivity contribution in [1.82, 2.24) is 5.43 Å². The van der Waals surface area contributed by atoms with Gasteiger partial charge in [-0.05, 0) is 12.5 Å². The van der Waals surface area contributed by atoms with Crippen LogP contribution >= 0.6 is 11.8 Å². The number of rotatable bonds is 4. The van der Waals surface area contributed by atoms with Crippen LogP contribution in [0.1, 0.15) is 12.5 Å². The van der Waals surface area contributed by atoms with Crippen LogP contribution in [0.2, 0.25) is 0 Å². The van der Waals surface area contributed by atoms with Crippen molar-refractivity contribution in [3.8, 4) is 0 Å². The second-order valence-corrected chi connectivity index (χ2v) is 4.00. The maximum atomic E-state index is 7.53. The van der Waals surface area contributed by atoms with Crippen molar-refractivity contribution in [2.75, 3.05) is 7.05 Å². The molecule has 0 saturated carbocycles. The van der Waals surface area contributed by atoms with E-state index >= 15 is 0 Å². The number of nitrogens with zero attached hydrogens (tertiary/aromatic N) is 1. The zero-order chi connectivity index (χ0) is 11.1. The van der Waals surface area contributed by atoms with Crippen LogP contribution in [0.3, 0.4) is 0 Å². The molecular weight excluding hydrogens is 206 g/mol. The average molecular weight is 221 g/mol. The number of thioether (sulfide) groups is 1. The zero-order valence-corrected chi connectivity index (χ0v) is 9.77. The first kappa shape index (κ1) is 11.8. The molecule has 0 saturated heterocycles. The van der Waals surface area contributed by atoms with E-state index in [0.717, 1.165) is 10.8 Å². The molecule has 2 N–H and O–H groups in total. The van der Waals surface area contributed by atoms with Crippen LogP contribution in [0, 0.1) is 5.41 Å². The van der Waals surface area contributed by atoms with E-state index in [9.17, 15) is 0 Å². The SMILES string of the molecule is CN/N=C(/SCc1ccccc1)C(C)=N. The summed E-state index contributed by atoms with van der Waals surface area (Å²) in [7, 11) is 1.74. The maximum Gasteiger partial charge on any atom is 0.137 e. The standard InChI is InChI=1S/C11H15N3S/c1-9(12)11(14-13-2)15-8-10-6-4-3-5-7-10/h3-7,12-13H,8H2,1-2H3/b12-9?,14-11+. The summed E-state index contributed by atoms with van der Waals surface area (Å²) >= 11 is 1.57. The van der Waals surface area contributed by atoms with Crippen LogP contribution in [-0.4, -0.2) is 17.8 Å². The zero-order valence-electron chi connectivity index (χ0n) is 8.95. The molecule has 4 heteroatoms. The van der Waals surface area contributed by atoms with Gasteiger partial charge in [-0.25, -0.2) is 0 Å². The second kappa shape index (κ2) is 6.24. The monoisotopic (exact) mass is 221 g/mol. The molecule has 1 aromatic carbocycles. The molecule has 1 aromatic rings. The molecule has 0 atom stereocenters. The first-order chi connectivity index (χ1) is 7.24. The molecule has 0 bridgehead atoms. The number of nitrogens with one attached hydrogen (secondary N) is 2. The molecule has 80 valence electrons. The smallest absolute Gasteiger partial charge is 0.137 e. The van der Waals surface area contributed by atoms with Gasteiger partial charge in [0.25, 0.3) is 0 Å². The minimum Gasteiger partial charge on any atom is -0.312 e. The van der Waals surface area contributed by atoms with Crippen molar-refractivity contribution in [1.29, 1.82) is 5.41 Å². The van der Waals surface area contributed by atoms with Gasteiger partial charge in [0, 0.05) is 12.8 Å². The third kappa shape index (κ3) is 4.16. The van der Waals surface area contributed by atoms with Crippen LogP contribution in [-0.2, 0) is 5.75 Å². The molecule has 0 aliphatic rings. The van der Waals surface area contributed by atoms with Gasteiger partial charge >= 0.3 is 0 Å². The van der Waals surface area contributed by atoms with E-state index in [2.05, 4.69) is 22.7 Å². The highest BCUT2D eigenvalue weighted by molar-refractivity contribution is 8.15. The number of hydrogen-bond donors (Lipinski definition) is 2. The average Bonchev–Trinajstić information content (AvgIpc) is 2.25. The summed E-state index contributed by atoms with van der Waals surface area (Å²) in [4.78, 5) is 0. The lowest BCUT2D eigenvalue weighted by atomic mass is 10.2. The highest BCUT2D eigenvalue weighted by Crippen LogP contribution is 2.13. The highest BCUT2D eigenvalue weighted by Gasteiger charge is 2.03. The summed E-state index contributed by atoms with van der Waals surface area (Å²) in [5, 5.41) is 12.3. The second-order valence-electron chi connectivity index (χ2n) is 3.04. The van der Waals surface area contributed by atoms with Crippen molar-refractivity contribution < 1.29 is 0 Å². The van der Waals surface area contributed by atoms with E-state index < -0.39 is 0 Å². The number of hydrogen-bond acceptors (Lipinski definition) is 4. The molecule has 1 rings (SSSR count). The molecule has 0 spiro atoms. The molecule has 0 aromatic heterocycles. The van der Waals surface area contributed by atoms with E-state index in [1.54, 1.807) is 25.7 Å². The van der Waals surface area contributed by atoms with Gasteiger partial charge in [0.2, 0.25) is 0 Å². The topological polar surface area (TPSA) is 48.2 Å². The predicted molar refractivity (Wildman–Crippen MR) is 67.6 cm³/mol. The van der Waals surface area contributed by atoms with Gasteiger partial charge in [-0.15, -0.1) is 0 Å². The van der Waals surface area contributed by atoms with Gasteiger partial charge in [-0.3, -0.25) is 0 Å². The van der Waals surface area contributed by atoms with Crippen molar-refractivity contribution in [3.63, 3.8) is 0 Å². The largest absolute Gasteiger partial charge is 0.312 e. The van der Waals surface area contributed by atoms with E-state index in [1.807, 2.05) is 18.2 Å². The fourth-order valence-electron chi connectivity index (χ4n) is 1.05. The van der Waals surface area contributed by atoms with E-state index in [-0.39, 0.29) is 0 Å². The first-order valence-corrected chi connectivity index (χ1v) is 5.69. The molecule has 0 aliphatic carbocycles. The summed E-state index contributed by atoms with van der Waals surface area (Å²) in [6.45, 7) is 1.74.